The van der Waals surface area contributed by atoms with Gasteiger partial charge in [-0.15, -0.1) is 0 Å². The first kappa shape index (κ1) is 16.7. The zero-order valence-corrected chi connectivity index (χ0v) is 13.5. The molecule has 0 aliphatic heterocycles. The average Bonchev–Trinajstić information content (AvgIpc) is 2.46. The van der Waals surface area contributed by atoms with Gasteiger partial charge in [0.2, 0.25) is 0 Å². The van der Waals surface area contributed by atoms with Crippen LogP contribution in [0.1, 0.15) is 37.6 Å². The van der Waals surface area contributed by atoms with Crippen LogP contribution in [0.3, 0.4) is 0 Å². The molecule has 2 rings (SSSR count). The SMILES string of the molecule is CC(C)(C)OC(=O)CC(=O)c1cccc(-c2ccc(N)nc2)c1. The highest BCUT2D eigenvalue weighted by molar-refractivity contribution is 6.06. The van der Waals surface area contributed by atoms with Crippen LogP contribution in [0.2, 0.25) is 0 Å². The summed E-state index contributed by atoms with van der Waals surface area (Å²) in [6.07, 6.45) is 1.37. The number of carbonyl (C=O) groups is 2. The minimum absolute atomic E-state index is 0.274. The first-order valence-corrected chi connectivity index (χ1v) is 7.31. The van der Waals surface area contributed by atoms with Crippen molar-refractivity contribution in [2.24, 2.45) is 0 Å². The van der Waals surface area contributed by atoms with Crippen LogP contribution >= 0.6 is 0 Å². The average molecular weight is 312 g/mol. The Morgan fingerprint density at radius 3 is 2.48 bits per heavy atom. The maximum atomic E-state index is 12.2. The van der Waals surface area contributed by atoms with E-state index >= 15 is 0 Å². The minimum Gasteiger partial charge on any atom is -0.460 e. The molecule has 120 valence electrons. The summed E-state index contributed by atoms with van der Waals surface area (Å²) in [4.78, 5) is 28.0. The molecule has 2 N–H and O–H groups in total. The lowest BCUT2D eigenvalue weighted by Crippen LogP contribution is -2.25. The molecule has 0 aliphatic carbocycles. The van der Waals surface area contributed by atoms with Gasteiger partial charge in [0.15, 0.2) is 5.78 Å². The van der Waals surface area contributed by atoms with Crippen molar-refractivity contribution in [2.45, 2.75) is 32.8 Å². The Morgan fingerprint density at radius 1 is 1.13 bits per heavy atom. The van der Waals surface area contributed by atoms with Crippen LogP contribution < -0.4 is 5.73 Å². The fraction of sp³-hybridized carbons (Fsp3) is 0.278. The number of carbonyl (C=O) groups excluding carboxylic acids is 2. The van der Waals surface area contributed by atoms with Gasteiger partial charge in [-0.2, -0.15) is 0 Å². The highest BCUT2D eigenvalue weighted by Gasteiger charge is 2.19. The second-order valence-corrected chi connectivity index (χ2v) is 6.24. The van der Waals surface area contributed by atoms with E-state index in [1.165, 1.54) is 0 Å². The smallest absolute Gasteiger partial charge is 0.314 e. The normalized spacial score (nSPS) is 11.1. The van der Waals surface area contributed by atoms with Crippen molar-refractivity contribution in [3.05, 3.63) is 48.2 Å². The third-order valence-electron chi connectivity index (χ3n) is 3.03. The lowest BCUT2D eigenvalue weighted by atomic mass is 10.0. The molecule has 0 aliphatic rings. The van der Waals surface area contributed by atoms with Crippen LogP contribution in [0.5, 0.6) is 0 Å². The van der Waals surface area contributed by atoms with E-state index in [0.717, 1.165) is 11.1 Å². The molecule has 0 saturated carbocycles. The fourth-order valence-corrected chi connectivity index (χ4v) is 2.06. The Morgan fingerprint density at radius 2 is 1.87 bits per heavy atom. The zero-order valence-electron chi connectivity index (χ0n) is 13.5. The third kappa shape index (κ3) is 4.92. The number of ether oxygens (including phenoxy) is 1. The van der Waals surface area contributed by atoms with E-state index in [1.807, 2.05) is 12.1 Å². The number of nitrogens with zero attached hydrogens (tertiary/aromatic N) is 1. The molecule has 1 aromatic carbocycles. The zero-order chi connectivity index (χ0) is 17.0. The molecule has 0 bridgehead atoms. The monoisotopic (exact) mass is 312 g/mol. The first-order chi connectivity index (χ1) is 10.7. The highest BCUT2D eigenvalue weighted by atomic mass is 16.6. The van der Waals surface area contributed by atoms with Crippen molar-refractivity contribution < 1.29 is 14.3 Å². The summed E-state index contributed by atoms with van der Waals surface area (Å²) < 4.78 is 5.17. The summed E-state index contributed by atoms with van der Waals surface area (Å²) in [5.41, 5.74) is 7.13. The van der Waals surface area contributed by atoms with Crippen LogP contribution in [-0.2, 0) is 9.53 Å². The number of benzene rings is 1. The number of anilines is 1. The van der Waals surface area contributed by atoms with Gasteiger partial charge in [-0.3, -0.25) is 9.59 Å². The second-order valence-electron chi connectivity index (χ2n) is 6.24. The van der Waals surface area contributed by atoms with Crippen molar-refractivity contribution >= 4 is 17.6 Å². The van der Waals surface area contributed by atoms with Crippen LogP contribution in [-0.4, -0.2) is 22.3 Å². The number of aromatic nitrogens is 1. The van der Waals surface area contributed by atoms with Crippen molar-refractivity contribution in [1.29, 1.82) is 0 Å². The van der Waals surface area contributed by atoms with E-state index in [2.05, 4.69) is 4.98 Å². The van der Waals surface area contributed by atoms with Gasteiger partial charge in [-0.05, 0) is 44.5 Å². The molecule has 0 unspecified atom stereocenters. The lowest BCUT2D eigenvalue weighted by molar-refractivity contribution is -0.153. The summed E-state index contributed by atoms with van der Waals surface area (Å²) in [7, 11) is 0. The Balaban J connectivity index is 2.14. The Labute approximate surface area is 135 Å². The van der Waals surface area contributed by atoms with E-state index in [-0.39, 0.29) is 12.2 Å². The molecule has 5 heteroatoms. The molecule has 0 fully saturated rings. The number of nitrogens with two attached hydrogens (primary N) is 1. The summed E-state index contributed by atoms with van der Waals surface area (Å²) in [5, 5.41) is 0. The van der Waals surface area contributed by atoms with Crippen LogP contribution in [0.25, 0.3) is 11.1 Å². The maximum absolute atomic E-state index is 12.2. The lowest BCUT2D eigenvalue weighted by Gasteiger charge is -2.19. The van der Waals surface area contributed by atoms with E-state index < -0.39 is 11.6 Å². The summed E-state index contributed by atoms with van der Waals surface area (Å²) in [6.45, 7) is 5.30. The maximum Gasteiger partial charge on any atom is 0.314 e. The molecular weight excluding hydrogens is 292 g/mol. The number of Topliss-reactive ketones (excluding diaryl/α,β-unsaturated/α-hetero) is 1. The molecule has 23 heavy (non-hydrogen) atoms. The molecule has 0 radical (unpaired) electrons. The van der Waals surface area contributed by atoms with E-state index in [1.54, 1.807) is 51.2 Å². The minimum atomic E-state index is -0.602. The molecule has 0 amide bonds. The number of esters is 1. The second kappa shape index (κ2) is 6.60. The Kier molecular flexibility index (Phi) is 4.79. The molecular formula is C18H20N2O3. The predicted molar refractivity (Wildman–Crippen MR) is 88.9 cm³/mol. The van der Waals surface area contributed by atoms with Crippen molar-refractivity contribution in [1.82, 2.24) is 4.98 Å². The van der Waals surface area contributed by atoms with Crippen molar-refractivity contribution in [3.8, 4) is 11.1 Å². The topological polar surface area (TPSA) is 82.3 Å². The predicted octanol–water partition coefficient (Wildman–Crippen LogP) is 3.25. The molecule has 2 aromatic rings. The van der Waals surface area contributed by atoms with Gasteiger partial charge in [0.05, 0.1) is 0 Å². The molecule has 5 nitrogen and oxygen atoms in total. The van der Waals surface area contributed by atoms with E-state index in [4.69, 9.17) is 10.5 Å². The largest absolute Gasteiger partial charge is 0.460 e. The number of ketones is 1. The van der Waals surface area contributed by atoms with Gasteiger partial charge < -0.3 is 10.5 Å². The summed E-state index contributed by atoms with van der Waals surface area (Å²) in [6, 6.07) is 10.6. The van der Waals surface area contributed by atoms with Crippen LogP contribution in [0, 0.1) is 0 Å². The summed E-state index contributed by atoms with van der Waals surface area (Å²) >= 11 is 0. The third-order valence-corrected chi connectivity index (χ3v) is 3.03. The van der Waals surface area contributed by atoms with Gasteiger partial charge in [0.25, 0.3) is 0 Å². The van der Waals surface area contributed by atoms with E-state index in [9.17, 15) is 9.59 Å². The van der Waals surface area contributed by atoms with Gasteiger partial charge in [0, 0.05) is 17.3 Å². The Hall–Kier alpha value is -2.69. The van der Waals surface area contributed by atoms with Crippen LogP contribution in [0.4, 0.5) is 5.82 Å². The number of hydrogen-bond donors (Lipinski definition) is 1. The number of rotatable bonds is 4. The number of pyridine rings is 1. The highest BCUT2D eigenvalue weighted by Crippen LogP contribution is 2.21. The molecule has 0 atom stereocenters. The standard InChI is InChI=1S/C18H20N2O3/c1-18(2,3)23-17(22)10-15(21)13-6-4-5-12(9-13)14-7-8-16(19)20-11-14/h4-9,11H,10H2,1-3H3,(H2,19,20). The van der Waals surface area contributed by atoms with Crippen LogP contribution in [0.15, 0.2) is 42.6 Å². The fourth-order valence-electron chi connectivity index (χ4n) is 2.06. The number of hydrogen-bond acceptors (Lipinski definition) is 5. The Bertz CT molecular complexity index is 716. The molecule has 0 saturated heterocycles. The number of nitrogen functional groups attached to an aromatic ring is 1. The molecule has 0 spiro atoms. The molecule has 1 heterocycles. The summed E-state index contributed by atoms with van der Waals surface area (Å²) in [5.74, 6) is -0.363. The van der Waals surface area contributed by atoms with Gasteiger partial charge in [-0.1, -0.05) is 18.2 Å². The van der Waals surface area contributed by atoms with Gasteiger partial charge in [-0.25, -0.2) is 4.98 Å². The quantitative estimate of drug-likeness (QED) is 0.532. The first-order valence-electron chi connectivity index (χ1n) is 7.31. The van der Waals surface area contributed by atoms with Gasteiger partial charge in [0.1, 0.15) is 17.8 Å². The van der Waals surface area contributed by atoms with E-state index in [0.29, 0.717) is 11.4 Å². The molecule has 1 aromatic heterocycles. The van der Waals surface area contributed by atoms with Gasteiger partial charge >= 0.3 is 5.97 Å². The van der Waals surface area contributed by atoms with Crippen molar-refractivity contribution in [2.75, 3.05) is 5.73 Å². The van der Waals surface area contributed by atoms with Crippen molar-refractivity contribution in [3.63, 3.8) is 0 Å².